The van der Waals surface area contributed by atoms with Crippen molar-refractivity contribution in [3.05, 3.63) is 84.6 Å². The van der Waals surface area contributed by atoms with Gasteiger partial charge in [-0.1, -0.05) is 12.1 Å². The predicted molar refractivity (Wildman–Crippen MR) is 102 cm³/mol. The van der Waals surface area contributed by atoms with E-state index in [1.165, 1.54) is 0 Å². The second-order valence-electron chi connectivity index (χ2n) is 6.16. The van der Waals surface area contributed by atoms with Crippen molar-refractivity contribution in [2.45, 2.75) is 6.54 Å². The van der Waals surface area contributed by atoms with E-state index in [1.807, 2.05) is 60.5 Å². The monoisotopic (exact) mass is 358 g/mol. The first kappa shape index (κ1) is 16.7. The van der Waals surface area contributed by atoms with Crippen LogP contribution in [0.15, 0.2) is 73.4 Å². The number of carbonyl (C=O) groups is 1. The van der Waals surface area contributed by atoms with Crippen LogP contribution in [-0.4, -0.2) is 30.5 Å². The van der Waals surface area contributed by atoms with Crippen molar-refractivity contribution in [2.24, 2.45) is 7.05 Å². The Morgan fingerprint density at radius 1 is 1.07 bits per heavy atom. The van der Waals surface area contributed by atoms with E-state index >= 15 is 0 Å². The zero-order valence-electron chi connectivity index (χ0n) is 14.8. The van der Waals surface area contributed by atoms with E-state index in [2.05, 4.69) is 20.5 Å². The van der Waals surface area contributed by atoms with Crippen LogP contribution in [0.4, 0.5) is 5.69 Å². The van der Waals surface area contributed by atoms with Crippen molar-refractivity contribution in [1.29, 1.82) is 0 Å². The lowest BCUT2D eigenvalue weighted by molar-refractivity contribution is 0.102. The minimum atomic E-state index is -0.182. The Kier molecular flexibility index (Phi) is 4.49. The topological polar surface area (TPSA) is 77.6 Å². The van der Waals surface area contributed by atoms with Crippen LogP contribution >= 0.6 is 0 Å². The fourth-order valence-electron chi connectivity index (χ4n) is 2.82. The Balaban J connectivity index is 1.51. The third-order valence-corrected chi connectivity index (χ3v) is 4.15. The summed E-state index contributed by atoms with van der Waals surface area (Å²) >= 11 is 0. The summed E-state index contributed by atoms with van der Waals surface area (Å²) in [6.07, 6.45) is 8.94. The van der Waals surface area contributed by atoms with Crippen molar-refractivity contribution in [3.63, 3.8) is 0 Å². The lowest BCUT2D eigenvalue weighted by Crippen LogP contribution is -2.13. The van der Waals surface area contributed by atoms with Gasteiger partial charge in [-0.15, -0.1) is 0 Å². The maximum Gasteiger partial charge on any atom is 0.255 e. The number of aromatic nitrogens is 5. The van der Waals surface area contributed by atoms with Crippen molar-refractivity contribution in [1.82, 2.24) is 24.5 Å². The van der Waals surface area contributed by atoms with Crippen LogP contribution in [-0.2, 0) is 13.6 Å². The lowest BCUT2D eigenvalue weighted by atomic mass is 10.1. The molecule has 3 aromatic heterocycles. The molecule has 0 saturated heterocycles. The quantitative estimate of drug-likeness (QED) is 0.595. The van der Waals surface area contributed by atoms with E-state index < -0.39 is 0 Å². The molecule has 3 heterocycles. The number of carbonyl (C=O) groups excluding carboxylic acids is 1. The Hall–Kier alpha value is -3.74. The molecule has 0 aliphatic heterocycles. The standard InChI is InChI=1S/C20H18N6O/c1-25-14-17(12-23-25)19-18(4-2-9-21-19)24-20(27)16-7-5-15(6-8-16)13-26-11-3-10-22-26/h2-12,14H,13H2,1H3,(H,24,27). The van der Waals surface area contributed by atoms with Crippen LogP contribution in [0.5, 0.6) is 0 Å². The van der Waals surface area contributed by atoms with Gasteiger partial charge in [0.15, 0.2) is 0 Å². The maximum atomic E-state index is 12.7. The Labute approximate surface area is 156 Å². The molecule has 4 aromatic rings. The summed E-state index contributed by atoms with van der Waals surface area (Å²) in [5.74, 6) is -0.182. The molecule has 0 radical (unpaired) electrons. The van der Waals surface area contributed by atoms with Gasteiger partial charge in [-0.25, -0.2) is 0 Å². The molecule has 0 unspecified atom stereocenters. The van der Waals surface area contributed by atoms with Crippen LogP contribution in [0.2, 0.25) is 0 Å². The van der Waals surface area contributed by atoms with Gasteiger partial charge in [-0.2, -0.15) is 10.2 Å². The highest BCUT2D eigenvalue weighted by Gasteiger charge is 2.12. The molecule has 0 aliphatic carbocycles. The highest BCUT2D eigenvalue weighted by atomic mass is 16.1. The molecular formula is C20H18N6O. The van der Waals surface area contributed by atoms with E-state index in [0.717, 1.165) is 11.1 Å². The molecule has 7 heteroatoms. The van der Waals surface area contributed by atoms with Crippen molar-refractivity contribution < 1.29 is 4.79 Å². The van der Waals surface area contributed by atoms with Crippen LogP contribution in [0.25, 0.3) is 11.3 Å². The van der Waals surface area contributed by atoms with Crippen molar-refractivity contribution in [2.75, 3.05) is 5.32 Å². The minimum absolute atomic E-state index is 0.182. The molecule has 0 bridgehead atoms. The van der Waals surface area contributed by atoms with Gasteiger partial charge in [0.1, 0.15) is 0 Å². The second kappa shape index (κ2) is 7.25. The number of aryl methyl sites for hydroxylation is 1. The van der Waals surface area contributed by atoms with E-state index in [4.69, 9.17) is 0 Å². The van der Waals surface area contributed by atoms with Gasteiger partial charge < -0.3 is 5.32 Å². The number of nitrogens with one attached hydrogen (secondary N) is 1. The highest BCUT2D eigenvalue weighted by molar-refractivity contribution is 6.05. The van der Waals surface area contributed by atoms with Crippen molar-refractivity contribution in [3.8, 4) is 11.3 Å². The summed E-state index contributed by atoms with van der Waals surface area (Å²) in [6, 6.07) is 13.0. The first-order valence-corrected chi connectivity index (χ1v) is 8.51. The molecule has 0 fully saturated rings. The fraction of sp³-hybridized carbons (Fsp3) is 0.100. The largest absolute Gasteiger partial charge is 0.320 e. The number of benzene rings is 1. The third kappa shape index (κ3) is 3.77. The van der Waals surface area contributed by atoms with Crippen LogP contribution in [0, 0.1) is 0 Å². The molecule has 0 atom stereocenters. The molecule has 4 rings (SSSR count). The van der Waals surface area contributed by atoms with E-state index in [-0.39, 0.29) is 5.91 Å². The average Bonchev–Trinajstić information content (AvgIpc) is 3.34. The van der Waals surface area contributed by atoms with Crippen molar-refractivity contribution >= 4 is 11.6 Å². The number of anilines is 1. The normalized spacial score (nSPS) is 10.7. The van der Waals surface area contributed by atoms with Gasteiger partial charge in [-0.05, 0) is 35.9 Å². The molecule has 1 amide bonds. The summed E-state index contributed by atoms with van der Waals surface area (Å²) < 4.78 is 3.54. The number of hydrogen-bond donors (Lipinski definition) is 1. The van der Waals surface area contributed by atoms with Crippen LogP contribution < -0.4 is 5.32 Å². The number of rotatable bonds is 5. The lowest BCUT2D eigenvalue weighted by Gasteiger charge is -2.09. The van der Waals surface area contributed by atoms with Gasteiger partial charge in [0.25, 0.3) is 5.91 Å². The van der Waals surface area contributed by atoms with Gasteiger partial charge >= 0.3 is 0 Å². The summed E-state index contributed by atoms with van der Waals surface area (Å²) in [7, 11) is 1.84. The minimum Gasteiger partial charge on any atom is -0.320 e. The number of nitrogens with zero attached hydrogens (tertiary/aromatic N) is 5. The predicted octanol–water partition coefficient (Wildman–Crippen LogP) is 2.98. The van der Waals surface area contributed by atoms with Gasteiger partial charge in [-0.3, -0.25) is 19.1 Å². The van der Waals surface area contributed by atoms with Gasteiger partial charge in [0, 0.05) is 43.0 Å². The number of pyridine rings is 1. The van der Waals surface area contributed by atoms with Gasteiger partial charge in [0.2, 0.25) is 0 Å². The number of amides is 1. The molecule has 0 saturated carbocycles. The van der Waals surface area contributed by atoms with Gasteiger partial charge in [0.05, 0.1) is 24.1 Å². The molecular weight excluding hydrogens is 340 g/mol. The first-order chi connectivity index (χ1) is 13.2. The second-order valence-corrected chi connectivity index (χ2v) is 6.16. The third-order valence-electron chi connectivity index (χ3n) is 4.15. The molecule has 1 N–H and O–H groups in total. The molecule has 27 heavy (non-hydrogen) atoms. The summed E-state index contributed by atoms with van der Waals surface area (Å²) in [5.41, 5.74) is 3.85. The van der Waals surface area contributed by atoms with E-state index in [0.29, 0.717) is 23.5 Å². The molecule has 0 aliphatic rings. The average molecular weight is 358 g/mol. The van der Waals surface area contributed by atoms with Crippen LogP contribution in [0.1, 0.15) is 15.9 Å². The number of hydrogen-bond acceptors (Lipinski definition) is 4. The summed E-state index contributed by atoms with van der Waals surface area (Å²) in [6.45, 7) is 0.669. The first-order valence-electron chi connectivity index (χ1n) is 8.51. The molecule has 0 spiro atoms. The molecule has 134 valence electrons. The van der Waals surface area contributed by atoms with E-state index in [9.17, 15) is 4.79 Å². The zero-order valence-corrected chi connectivity index (χ0v) is 14.8. The zero-order chi connectivity index (χ0) is 18.6. The Morgan fingerprint density at radius 2 is 1.93 bits per heavy atom. The van der Waals surface area contributed by atoms with E-state index in [1.54, 1.807) is 29.3 Å². The summed E-state index contributed by atoms with van der Waals surface area (Å²) in [5, 5.41) is 11.3. The fourth-order valence-corrected chi connectivity index (χ4v) is 2.82. The van der Waals surface area contributed by atoms with Crippen LogP contribution in [0.3, 0.4) is 0 Å². The SMILES string of the molecule is Cn1cc(-c2ncccc2NC(=O)c2ccc(Cn3cccn3)cc2)cn1. The molecule has 7 nitrogen and oxygen atoms in total. The smallest absolute Gasteiger partial charge is 0.255 e. The molecule has 1 aromatic carbocycles. The Morgan fingerprint density at radius 3 is 2.63 bits per heavy atom. The highest BCUT2D eigenvalue weighted by Crippen LogP contribution is 2.25. The summed E-state index contributed by atoms with van der Waals surface area (Å²) in [4.78, 5) is 17.0. The Bertz CT molecular complexity index is 1050. The maximum absolute atomic E-state index is 12.7.